The SMILES string of the molecule is CC(C)(C)OC(=O)N1CCN(C(=O)n2ccc(C(N)=O)n2)CC1. The van der Waals surface area contributed by atoms with Crippen LogP contribution in [0.15, 0.2) is 12.3 Å². The average molecular weight is 323 g/mol. The molecule has 0 aromatic carbocycles. The van der Waals surface area contributed by atoms with Crippen LogP contribution in [-0.2, 0) is 4.74 Å². The molecule has 1 aliphatic heterocycles. The molecule has 0 aliphatic carbocycles. The van der Waals surface area contributed by atoms with Crippen molar-refractivity contribution >= 4 is 18.0 Å². The van der Waals surface area contributed by atoms with Gasteiger partial charge in [-0.25, -0.2) is 9.59 Å². The first kappa shape index (κ1) is 16.8. The second-order valence-electron chi connectivity index (χ2n) is 6.25. The Bertz CT molecular complexity index is 611. The van der Waals surface area contributed by atoms with E-state index in [9.17, 15) is 14.4 Å². The first-order valence-corrected chi connectivity index (χ1v) is 7.30. The summed E-state index contributed by atoms with van der Waals surface area (Å²) in [5.74, 6) is -0.689. The summed E-state index contributed by atoms with van der Waals surface area (Å²) >= 11 is 0. The van der Waals surface area contributed by atoms with E-state index in [4.69, 9.17) is 10.5 Å². The number of hydrogen-bond donors (Lipinski definition) is 1. The largest absolute Gasteiger partial charge is 0.444 e. The molecule has 9 heteroatoms. The molecule has 1 aromatic rings. The zero-order chi connectivity index (χ0) is 17.2. The van der Waals surface area contributed by atoms with Gasteiger partial charge in [-0.15, -0.1) is 0 Å². The second-order valence-corrected chi connectivity index (χ2v) is 6.25. The van der Waals surface area contributed by atoms with Gasteiger partial charge < -0.3 is 20.3 Å². The van der Waals surface area contributed by atoms with Crippen LogP contribution in [-0.4, -0.2) is 69.4 Å². The third kappa shape index (κ3) is 4.21. The Morgan fingerprint density at radius 3 is 2.17 bits per heavy atom. The van der Waals surface area contributed by atoms with Crippen molar-refractivity contribution in [1.82, 2.24) is 19.6 Å². The summed E-state index contributed by atoms with van der Waals surface area (Å²) in [5.41, 5.74) is 4.59. The number of carbonyl (C=O) groups is 3. The second kappa shape index (κ2) is 6.27. The number of ether oxygens (including phenoxy) is 1. The number of piperazine rings is 1. The summed E-state index contributed by atoms with van der Waals surface area (Å²) < 4.78 is 6.37. The van der Waals surface area contributed by atoms with E-state index in [1.165, 1.54) is 12.3 Å². The van der Waals surface area contributed by atoms with E-state index in [-0.39, 0.29) is 17.8 Å². The van der Waals surface area contributed by atoms with E-state index in [0.717, 1.165) is 4.68 Å². The van der Waals surface area contributed by atoms with Crippen molar-refractivity contribution < 1.29 is 19.1 Å². The smallest absolute Gasteiger partial charge is 0.410 e. The van der Waals surface area contributed by atoms with E-state index < -0.39 is 11.5 Å². The Labute approximate surface area is 134 Å². The van der Waals surface area contributed by atoms with E-state index in [2.05, 4.69) is 5.10 Å². The number of carbonyl (C=O) groups excluding carboxylic acids is 3. The maximum Gasteiger partial charge on any atom is 0.410 e. The van der Waals surface area contributed by atoms with Crippen molar-refractivity contribution in [2.24, 2.45) is 5.73 Å². The highest BCUT2D eigenvalue weighted by Crippen LogP contribution is 2.12. The van der Waals surface area contributed by atoms with Gasteiger partial charge in [-0.3, -0.25) is 4.79 Å². The van der Waals surface area contributed by atoms with Gasteiger partial charge in [0.15, 0.2) is 5.69 Å². The lowest BCUT2D eigenvalue weighted by Crippen LogP contribution is -2.52. The molecule has 1 saturated heterocycles. The Morgan fingerprint density at radius 1 is 1.13 bits per heavy atom. The van der Waals surface area contributed by atoms with Crippen LogP contribution in [0.25, 0.3) is 0 Å². The molecule has 1 fully saturated rings. The minimum Gasteiger partial charge on any atom is -0.444 e. The van der Waals surface area contributed by atoms with Crippen LogP contribution >= 0.6 is 0 Å². The van der Waals surface area contributed by atoms with Crippen LogP contribution in [0.2, 0.25) is 0 Å². The molecule has 3 amide bonds. The van der Waals surface area contributed by atoms with Gasteiger partial charge in [0.25, 0.3) is 5.91 Å². The maximum absolute atomic E-state index is 12.3. The molecule has 0 bridgehead atoms. The van der Waals surface area contributed by atoms with E-state index >= 15 is 0 Å². The molecule has 126 valence electrons. The van der Waals surface area contributed by atoms with Gasteiger partial charge in [-0.2, -0.15) is 9.78 Å². The average Bonchev–Trinajstić information content (AvgIpc) is 2.95. The predicted molar refractivity (Wildman–Crippen MR) is 80.9 cm³/mol. The summed E-state index contributed by atoms with van der Waals surface area (Å²) in [6.45, 7) is 6.90. The van der Waals surface area contributed by atoms with Crippen molar-refractivity contribution in [3.63, 3.8) is 0 Å². The van der Waals surface area contributed by atoms with Gasteiger partial charge >= 0.3 is 12.1 Å². The standard InChI is InChI=1S/C14H21N5O4/c1-14(2,3)23-13(22)18-8-6-17(7-9-18)12(21)19-5-4-10(16-19)11(15)20/h4-5H,6-9H2,1-3H3,(H2,15,20). The lowest BCUT2D eigenvalue weighted by atomic mass is 10.2. The maximum atomic E-state index is 12.3. The number of amides is 3. The number of nitrogens with zero attached hydrogens (tertiary/aromatic N) is 4. The van der Waals surface area contributed by atoms with Crippen LogP contribution < -0.4 is 5.73 Å². The molecule has 0 atom stereocenters. The third-order valence-electron chi connectivity index (χ3n) is 3.24. The van der Waals surface area contributed by atoms with Gasteiger partial charge in [0, 0.05) is 32.4 Å². The Morgan fingerprint density at radius 2 is 1.70 bits per heavy atom. The minimum absolute atomic E-state index is 0.0331. The van der Waals surface area contributed by atoms with E-state index in [1.807, 2.05) is 0 Å². The van der Waals surface area contributed by atoms with Gasteiger partial charge in [-0.05, 0) is 26.8 Å². The van der Waals surface area contributed by atoms with Crippen molar-refractivity contribution in [2.45, 2.75) is 26.4 Å². The lowest BCUT2D eigenvalue weighted by Gasteiger charge is -2.35. The molecule has 1 aliphatic rings. The summed E-state index contributed by atoms with van der Waals surface area (Å²) in [6.07, 6.45) is 1.00. The summed E-state index contributed by atoms with van der Waals surface area (Å²) in [5, 5.41) is 3.83. The van der Waals surface area contributed by atoms with Gasteiger partial charge in [0.05, 0.1) is 0 Å². The van der Waals surface area contributed by atoms with Crippen LogP contribution in [0.3, 0.4) is 0 Å². The molecular weight excluding hydrogens is 302 g/mol. The van der Waals surface area contributed by atoms with Crippen molar-refractivity contribution in [1.29, 1.82) is 0 Å². The predicted octanol–water partition coefficient (Wildman–Crippen LogP) is 0.503. The zero-order valence-electron chi connectivity index (χ0n) is 13.5. The third-order valence-corrected chi connectivity index (χ3v) is 3.24. The number of rotatable bonds is 1. The molecule has 1 aromatic heterocycles. The molecular formula is C14H21N5O4. The summed E-state index contributed by atoms with van der Waals surface area (Å²) in [7, 11) is 0. The Hall–Kier alpha value is -2.58. The highest BCUT2D eigenvalue weighted by Gasteiger charge is 2.28. The summed E-state index contributed by atoms with van der Waals surface area (Å²) in [4.78, 5) is 38.4. The van der Waals surface area contributed by atoms with Crippen LogP contribution in [0.4, 0.5) is 9.59 Å². The van der Waals surface area contributed by atoms with Crippen LogP contribution in [0.5, 0.6) is 0 Å². The number of primary amides is 1. The van der Waals surface area contributed by atoms with Crippen LogP contribution in [0, 0.1) is 0 Å². The molecule has 23 heavy (non-hydrogen) atoms. The molecule has 2 rings (SSSR count). The van der Waals surface area contributed by atoms with Crippen molar-refractivity contribution in [3.8, 4) is 0 Å². The molecule has 0 spiro atoms. The molecule has 0 radical (unpaired) electrons. The van der Waals surface area contributed by atoms with Crippen molar-refractivity contribution in [3.05, 3.63) is 18.0 Å². The monoisotopic (exact) mass is 323 g/mol. The highest BCUT2D eigenvalue weighted by molar-refractivity contribution is 5.91. The van der Waals surface area contributed by atoms with Crippen molar-refractivity contribution in [2.75, 3.05) is 26.2 Å². The van der Waals surface area contributed by atoms with Gasteiger partial charge in [-0.1, -0.05) is 0 Å². The Balaban J connectivity index is 1.92. The zero-order valence-corrected chi connectivity index (χ0v) is 13.5. The minimum atomic E-state index is -0.689. The first-order valence-electron chi connectivity index (χ1n) is 7.30. The highest BCUT2D eigenvalue weighted by atomic mass is 16.6. The molecule has 0 saturated carbocycles. The molecule has 2 N–H and O–H groups in total. The number of aromatic nitrogens is 2. The van der Waals surface area contributed by atoms with Crippen LogP contribution in [0.1, 0.15) is 31.3 Å². The van der Waals surface area contributed by atoms with Gasteiger partial charge in [0.1, 0.15) is 5.60 Å². The molecule has 9 nitrogen and oxygen atoms in total. The Kier molecular flexibility index (Phi) is 4.57. The molecule has 0 unspecified atom stereocenters. The first-order chi connectivity index (χ1) is 10.7. The topological polar surface area (TPSA) is 111 Å². The number of hydrogen-bond acceptors (Lipinski definition) is 5. The van der Waals surface area contributed by atoms with Gasteiger partial charge in [0.2, 0.25) is 0 Å². The normalized spacial score (nSPS) is 15.4. The van der Waals surface area contributed by atoms with E-state index in [1.54, 1.807) is 30.6 Å². The fourth-order valence-corrected chi connectivity index (χ4v) is 2.11. The fourth-order valence-electron chi connectivity index (χ4n) is 2.11. The number of nitrogens with two attached hydrogens (primary N) is 1. The quantitative estimate of drug-likeness (QED) is 0.809. The summed E-state index contributed by atoms with van der Waals surface area (Å²) in [6, 6.07) is 1.03. The molecule has 2 heterocycles. The van der Waals surface area contributed by atoms with E-state index in [0.29, 0.717) is 26.2 Å². The lowest BCUT2D eigenvalue weighted by molar-refractivity contribution is 0.0169. The fraction of sp³-hybridized carbons (Fsp3) is 0.571.